The Kier molecular flexibility index (Phi) is 5.37. The van der Waals surface area contributed by atoms with Gasteiger partial charge in [-0.1, -0.05) is 6.58 Å². The van der Waals surface area contributed by atoms with Gasteiger partial charge in [0.1, 0.15) is 11.5 Å². The highest BCUT2D eigenvalue weighted by molar-refractivity contribution is 7.58. The molecule has 0 N–H and O–H groups in total. The van der Waals surface area contributed by atoms with E-state index >= 15 is 0 Å². The molecule has 0 saturated carbocycles. The van der Waals surface area contributed by atoms with Gasteiger partial charge in [0.05, 0.1) is 0 Å². The van der Waals surface area contributed by atoms with Crippen LogP contribution in [0.1, 0.15) is 34.6 Å². The first kappa shape index (κ1) is 17.7. The Bertz CT molecular complexity index is 743. The van der Waals surface area contributed by atoms with Crippen LogP contribution < -0.4 is 9.05 Å². The Morgan fingerprint density at radius 1 is 0.833 bits per heavy atom. The number of ketones is 2. The molecule has 0 spiro atoms. The van der Waals surface area contributed by atoms with E-state index in [9.17, 15) is 14.2 Å². The van der Waals surface area contributed by atoms with Crippen LogP contribution in [0.25, 0.3) is 0 Å². The topological polar surface area (TPSA) is 69.7 Å². The van der Waals surface area contributed by atoms with Crippen LogP contribution in [0.2, 0.25) is 0 Å². The van der Waals surface area contributed by atoms with Crippen molar-refractivity contribution in [2.75, 3.05) is 0 Å². The molecule has 5 nitrogen and oxygen atoms in total. The molecule has 6 heteroatoms. The lowest BCUT2D eigenvalue weighted by Gasteiger charge is -2.17. The van der Waals surface area contributed by atoms with E-state index in [1.165, 1.54) is 38.1 Å². The average molecular weight is 344 g/mol. The second kappa shape index (κ2) is 7.28. The van der Waals surface area contributed by atoms with E-state index in [4.69, 9.17) is 9.05 Å². The highest BCUT2D eigenvalue weighted by Gasteiger charge is 2.23. The molecule has 0 fully saturated rings. The number of carbonyl (C=O) groups is 2. The van der Waals surface area contributed by atoms with E-state index in [1.807, 2.05) is 0 Å². The zero-order valence-electron chi connectivity index (χ0n) is 13.4. The van der Waals surface area contributed by atoms with Crippen molar-refractivity contribution in [3.8, 4) is 11.5 Å². The lowest BCUT2D eigenvalue weighted by Crippen LogP contribution is -1.99. The van der Waals surface area contributed by atoms with E-state index < -0.39 is 7.60 Å². The van der Waals surface area contributed by atoms with Gasteiger partial charge in [-0.15, -0.1) is 0 Å². The van der Waals surface area contributed by atoms with Gasteiger partial charge in [0.25, 0.3) is 0 Å². The molecular weight excluding hydrogens is 327 g/mol. The minimum absolute atomic E-state index is 0.0738. The van der Waals surface area contributed by atoms with Gasteiger partial charge in [-0.3, -0.25) is 9.59 Å². The molecule has 0 bridgehead atoms. The van der Waals surface area contributed by atoms with Gasteiger partial charge in [0.15, 0.2) is 11.6 Å². The van der Waals surface area contributed by atoms with Crippen LogP contribution in [-0.2, 0) is 4.57 Å². The van der Waals surface area contributed by atoms with Crippen molar-refractivity contribution in [1.29, 1.82) is 0 Å². The third-order valence-electron chi connectivity index (χ3n) is 3.21. The summed E-state index contributed by atoms with van der Waals surface area (Å²) in [5.41, 5.74) is 1.05. The summed E-state index contributed by atoms with van der Waals surface area (Å²) >= 11 is 0. The normalized spacial score (nSPS) is 10.8. The lowest BCUT2D eigenvalue weighted by atomic mass is 10.1. The molecular formula is C18H17O5P. The molecule has 0 saturated heterocycles. The van der Waals surface area contributed by atoms with E-state index in [1.54, 1.807) is 24.3 Å². The van der Waals surface area contributed by atoms with Crippen molar-refractivity contribution in [3.05, 3.63) is 72.1 Å². The summed E-state index contributed by atoms with van der Waals surface area (Å²) in [5, 5.41) is 0. The number of rotatable bonds is 7. The van der Waals surface area contributed by atoms with Gasteiger partial charge in [-0.25, -0.2) is 4.57 Å². The number of hydrogen-bond acceptors (Lipinski definition) is 5. The fraction of sp³-hybridized carbons (Fsp3) is 0.111. The molecule has 24 heavy (non-hydrogen) atoms. The predicted molar refractivity (Wildman–Crippen MR) is 92.0 cm³/mol. The van der Waals surface area contributed by atoms with Crippen LogP contribution in [0.4, 0.5) is 0 Å². The Morgan fingerprint density at radius 3 is 1.42 bits per heavy atom. The minimum Gasteiger partial charge on any atom is -0.413 e. The Morgan fingerprint density at radius 2 is 1.17 bits per heavy atom. The predicted octanol–water partition coefficient (Wildman–Crippen LogP) is 4.89. The number of hydrogen-bond donors (Lipinski definition) is 0. The number of Topliss-reactive ketones (excluding diaryl/α,β-unsaturated/α-hetero) is 2. The fourth-order valence-corrected chi connectivity index (χ4v) is 2.91. The first-order valence-corrected chi connectivity index (χ1v) is 8.79. The van der Waals surface area contributed by atoms with Gasteiger partial charge in [-0.2, -0.15) is 0 Å². The molecule has 0 unspecified atom stereocenters. The van der Waals surface area contributed by atoms with Crippen molar-refractivity contribution >= 4 is 19.2 Å². The minimum atomic E-state index is -3.63. The Labute approximate surface area is 140 Å². The highest BCUT2D eigenvalue weighted by Crippen LogP contribution is 2.49. The van der Waals surface area contributed by atoms with Gasteiger partial charge in [-0.05, 0) is 62.4 Å². The Balaban J connectivity index is 2.15. The van der Waals surface area contributed by atoms with E-state index in [0.717, 1.165) is 5.82 Å². The zero-order valence-corrected chi connectivity index (χ0v) is 14.3. The number of carbonyl (C=O) groups excluding carboxylic acids is 2. The summed E-state index contributed by atoms with van der Waals surface area (Å²) in [4.78, 5) is 22.5. The summed E-state index contributed by atoms with van der Waals surface area (Å²) in [6.07, 6.45) is 0. The third-order valence-corrected chi connectivity index (χ3v) is 4.59. The highest BCUT2D eigenvalue weighted by atomic mass is 31.2. The summed E-state index contributed by atoms with van der Waals surface area (Å²) in [6, 6.07) is 12.5. The van der Waals surface area contributed by atoms with Gasteiger partial charge >= 0.3 is 7.60 Å². The van der Waals surface area contributed by atoms with Crippen molar-refractivity contribution < 1.29 is 23.2 Å². The fourth-order valence-electron chi connectivity index (χ4n) is 1.89. The molecule has 0 radical (unpaired) electrons. The monoisotopic (exact) mass is 344 g/mol. The number of benzene rings is 2. The standard InChI is InChI=1S/C18H17O5P/c1-4-24(21,22-17-9-5-15(6-10-17)13(2)19)23-18-11-7-16(8-12-18)14(3)20/h4-12H,1H2,2-3H3. The summed E-state index contributed by atoms with van der Waals surface area (Å²) in [7, 11) is -3.63. The molecule has 2 aromatic rings. The maximum atomic E-state index is 12.7. The van der Waals surface area contributed by atoms with Gasteiger partial charge in [0.2, 0.25) is 0 Å². The van der Waals surface area contributed by atoms with Crippen molar-refractivity contribution in [2.45, 2.75) is 13.8 Å². The van der Waals surface area contributed by atoms with Gasteiger partial charge < -0.3 is 9.05 Å². The molecule has 0 aliphatic carbocycles. The molecule has 124 valence electrons. The van der Waals surface area contributed by atoms with Crippen LogP contribution in [-0.4, -0.2) is 11.6 Å². The van der Waals surface area contributed by atoms with Gasteiger partial charge in [0, 0.05) is 16.9 Å². The van der Waals surface area contributed by atoms with Crippen LogP contribution in [0.15, 0.2) is 60.9 Å². The molecule has 0 amide bonds. The lowest BCUT2D eigenvalue weighted by molar-refractivity contribution is 0.100. The molecule has 0 heterocycles. The molecule has 0 atom stereocenters. The first-order valence-electron chi connectivity index (χ1n) is 7.17. The van der Waals surface area contributed by atoms with Crippen LogP contribution in [0.3, 0.4) is 0 Å². The SMILES string of the molecule is C=CP(=O)(Oc1ccc(C(C)=O)cc1)Oc1ccc(C(C)=O)cc1. The first-order chi connectivity index (χ1) is 11.3. The smallest absolute Gasteiger partial charge is 0.413 e. The van der Waals surface area contributed by atoms with E-state index in [0.29, 0.717) is 22.6 Å². The van der Waals surface area contributed by atoms with Crippen molar-refractivity contribution in [2.24, 2.45) is 0 Å². The quantitative estimate of drug-likeness (QED) is 0.528. The van der Waals surface area contributed by atoms with Crippen LogP contribution >= 0.6 is 7.60 Å². The second-order valence-corrected chi connectivity index (χ2v) is 6.88. The summed E-state index contributed by atoms with van der Waals surface area (Å²) in [6.45, 7) is 6.41. The van der Waals surface area contributed by atoms with Crippen molar-refractivity contribution in [1.82, 2.24) is 0 Å². The molecule has 0 aromatic heterocycles. The maximum absolute atomic E-state index is 12.7. The van der Waals surface area contributed by atoms with Crippen molar-refractivity contribution in [3.63, 3.8) is 0 Å². The molecule has 0 aliphatic rings. The van der Waals surface area contributed by atoms with E-state index in [-0.39, 0.29) is 11.6 Å². The zero-order chi connectivity index (χ0) is 17.7. The Hall–Kier alpha value is -2.65. The van der Waals surface area contributed by atoms with Crippen LogP contribution in [0.5, 0.6) is 11.5 Å². The summed E-state index contributed by atoms with van der Waals surface area (Å²) < 4.78 is 23.5. The largest absolute Gasteiger partial charge is 0.455 e. The van der Waals surface area contributed by atoms with Crippen LogP contribution in [0, 0.1) is 0 Å². The maximum Gasteiger partial charge on any atom is 0.455 e. The third kappa shape index (κ3) is 4.43. The average Bonchev–Trinajstić information content (AvgIpc) is 2.55. The molecule has 2 aromatic carbocycles. The summed E-state index contributed by atoms with van der Waals surface area (Å²) in [5.74, 6) is 1.54. The molecule has 2 rings (SSSR count). The molecule has 0 aliphatic heterocycles. The second-order valence-electron chi connectivity index (χ2n) is 5.07. The van der Waals surface area contributed by atoms with E-state index in [2.05, 4.69) is 6.58 Å².